The molecule has 0 radical (unpaired) electrons. The lowest BCUT2D eigenvalue weighted by molar-refractivity contribution is 0.627. The highest BCUT2D eigenvalue weighted by molar-refractivity contribution is 7.98. The van der Waals surface area contributed by atoms with E-state index in [2.05, 4.69) is 0 Å². The van der Waals surface area contributed by atoms with Crippen LogP contribution in [0.1, 0.15) is 5.56 Å². The van der Waals surface area contributed by atoms with Gasteiger partial charge >= 0.3 is 0 Å². The van der Waals surface area contributed by atoms with Crippen molar-refractivity contribution < 1.29 is 4.39 Å². The summed E-state index contributed by atoms with van der Waals surface area (Å²) in [6.07, 6.45) is 0. The Labute approximate surface area is 109 Å². The third kappa shape index (κ3) is 2.93. The number of thioether (sulfide) groups is 1. The first kappa shape index (κ1) is 12.3. The van der Waals surface area contributed by atoms with Gasteiger partial charge in [0.1, 0.15) is 5.82 Å². The second kappa shape index (κ2) is 5.43. The lowest BCUT2D eigenvalue weighted by atomic mass is 10.2. The van der Waals surface area contributed by atoms with Gasteiger partial charge in [0.2, 0.25) is 0 Å². The van der Waals surface area contributed by atoms with Crippen molar-refractivity contribution in [1.29, 1.82) is 0 Å². The van der Waals surface area contributed by atoms with Gasteiger partial charge in [-0.25, -0.2) is 4.39 Å². The van der Waals surface area contributed by atoms with E-state index in [1.165, 1.54) is 6.07 Å². The maximum absolute atomic E-state index is 13.2. The first-order valence-corrected chi connectivity index (χ1v) is 6.45. The number of nitrogens with two attached hydrogens (primary N) is 1. The number of benzene rings is 2. The highest BCUT2D eigenvalue weighted by Gasteiger charge is 2.06. The molecule has 0 spiro atoms. The summed E-state index contributed by atoms with van der Waals surface area (Å²) in [6, 6.07) is 12.4. The van der Waals surface area contributed by atoms with Gasteiger partial charge in [-0.3, -0.25) is 0 Å². The first-order chi connectivity index (χ1) is 8.18. The van der Waals surface area contributed by atoms with Crippen LogP contribution in [-0.4, -0.2) is 0 Å². The normalized spacial score (nSPS) is 10.5. The largest absolute Gasteiger partial charge is 0.398 e. The summed E-state index contributed by atoms with van der Waals surface area (Å²) in [4.78, 5) is 0.979. The van der Waals surface area contributed by atoms with Crippen LogP contribution < -0.4 is 5.73 Å². The highest BCUT2D eigenvalue weighted by Crippen LogP contribution is 2.30. The van der Waals surface area contributed by atoms with E-state index in [0.29, 0.717) is 5.75 Å². The predicted molar refractivity (Wildman–Crippen MR) is 71.8 cm³/mol. The topological polar surface area (TPSA) is 26.0 Å². The lowest BCUT2D eigenvalue weighted by Crippen LogP contribution is -1.90. The Bertz CT molecular complexity index is 531. The highest BCUT2D eigenvalue weighted by atomic mass is 35.5. The number of para-hydroxylation sites is 1. The van der Waals surface area contributed by atoms with E-state index >= 15 is 0 Å². The van der Waals surface area contributed by atoms with E-state index in [1.54, 1.807) is 17.8 Å². The van der Waals surface area contributed by atoms with Gasteiger partial charge in [-0.1, -0.05) is 35.9 Å². The van der Waals surface area contributed by atoms with Crippen molar-refractivity contribution in [2.75, 3.05) is 5.73 Å². The zero-order chi connectivity index (χ0) is 12.3. The molecular weight excluding hydrogens is 257 g/mol. The fourth-order valence-electron chi connectivity index (χ4n) is 1.43. The number of nitrogen functional groups attached to an aromatic ring is 1. The van der Waals surface area contributed by atoms with E-state index in [0.717, 1.165) is 16.1 Å². The minimum atomic E-state index is -0.384. The van der Waals surface area contributed by atoms with E-state index < -0.39 is 0 Å². The van der Waals surface area contributed by atoms with E-state index in [4.69, 9.17) is 17.3 Å². The van der Waals surface area contributed by atoms with Gasteiger partial charge in [0.25, 0.3) is 0 Å². The standard InChI is InChI=1S/C13H11ClFNS/c14-13-9(4-3-5-10(13)15)8-17-12-7-2-1-6-11(12)16/h1-7H,8,16H2. The first-order valence-electron chi connectivity index (χ1n) is 5.08. The van der Waals surface area contributed by atoms with E-state index in [-0.39, 0.29) is 10.8 Å². The van der Waals surface area contributed by atoms with Gasteiger partial charge in [-0.2, -0.15) is 0 Å². The number of halogens is 2. The molecule has 2 aromatic rings. The summed E-state index contributed by atoms with van der Waals surface area (Å²) >= 11 is 7.43. The summed E-state index contributed by atoms with van der Waals surface area (Å²) in [5.74, 6) is 0.218. The van der Waals surface area contributed by atoms with Crippen LogP contribution in [0.4, 0.5) is 10.1 Å². The lowest BCUT2D eigenvalue weighted by Gasteiger charge is -2.06. The van der Waals surface area contributed by atoms with E-state index in [9.17, 15) is 4.39 Å². The van der Waals surface area contributed by atoms with Gasteiger partial charge in [0.15, 0.2) is 0 Å². The monoisotopic (exact) mass is 267 g/mol. The molecule has 1 nitrogen and oxygen atoms in total. The molecule has 0 aromatic heterocycles. The second-order valence-electron chi connectivity index (χ2n) is 3.54. The van der Waals surface area contributed by atoms with Gasteiger partial charge < -0.3 is 5.73 Å². The molecule has 88 valence electrons. The van der Waals surface area contributed by atoms with Crippen molar-refractivity contribution >= 4 is 29.1 Å². The number of hydrogen-bond acceptors (Lipinski definition) is 2. The van der Waals surface area contributed by atoms with Crippen molar-refractivity contribution in [3.63, 3.8) is 0 Å². The summed E-state index contributed by atoms with van der Waals surface area (Å²) in [5.41, 5.74) is 7.33. The van der Waals surface area contributed by atoms with Gasteiger partial charge in [-0.15, -0.1) is 11.8 Å². The molecule has 2 N–H and O–H groups in total. The van der Waals surface area contributed by atoms with Crippen LogP contribution in [0, 0.1) is 5.82 Å². The van der Waals surface area contributed by atoms with Gasteiger partial charge in [0, 0.05) is 16.3 Å². The third-order valence-electron chi connectivity index (χ3n) is 2.33. The quantitative estimate of drug-likeness (QED) is 0.661. The number of hydrogen-bond donors (Lipinski definition) is 1. The summed E-state index contributed by atoms with van der Waals surface area (Å²) < 4.78 is 13.2. The Morgan fingerprint density at radius 2 is 1.88 bits per heavy atom. The smallest absolute Gasteiger partial charge is 0.142 e. The molecule has 0 atom stereocenters. The van der Waals surface area contributed by atoms with Crippen molar-refractivity contribution in [3.8, 4) is 0 Å². The maximum atomic E-state index is 13.2. The molecule has 0 saturated carbocycles. The van der Waals surface area contributed by atoms with Crippen molar-refractivity contribution in [2.24, 2.45) is 0 Å². The average Bonchev–Trinajstić information content (AvgIpc) is 2.33. The van der Waals surface area contributed by atoms with Crippen LogP contribution in [0.25, 0.3) is 0 Å². The summed E-state index contributed by atoms with van der Waals surface area (Å²) in [6.45, 7) is 0. The van der Waals surface area contributed by atoms with Crippen LogP contribution in [0.2, 0.25) is 5.02 Å². The number of anilines is 1. The van der Waals surface area contributed by atoms with Crippen LogP contribution in [0.5, 0.6) is 0 Å². The Kier molecular flexibility index (Phi) is 3.92. The van der Waals surface area contributed by atoms with Crippen molar-refractivity contribution in [3.05, 3.63) is 58.9 Å². The van der Waals surface area contributed by atoms with Gasteiger partial charge in [-0.05, 0) is 23.8 Å². The molecule has 0 saturated heterocycles. The molecule has 0 heterocycles. The molecule has 0 amide bonds. The zero-order valence-corrected chi connectivity index (χ0v) is 10.6. The molecule has 0 fully saturated rings. The molecule has 2 aromatic carbocycles. The minimum Gasteiger partial charge on any atom is -0.398 e. The molecule has 17 heavy (non-hydrogen) atoms. The Balaban J connectivity index is 2.13. The fraction of sp³-hybridized carbons (Fsp3) is 0.0769. The third-order valence-corrected chi connectivity index (χ3v) is 3.90. The molecule has 0 unspecified atom stereocenters. The second-order valence-corrected chi connectivity index (χ2v) is 4.93. The average molecular weight is 268 g/mol. The van der Waals surface area contributed by atoms with Crippen LogP contribution in [0.3, 0.4) is 0 Å². The minimum absolute atomic E-state index is 0.189. The molecular formula is C13H11ClFNS. The van der Waals surface area contributed by atoms with Gasteiger partial charge in [0.05, 0.1) is 5.02 Å². The molecule has 0 aliphatic rings. The Morgan fingerprint density at radius 1 is 1.12 bits per heavy atom. The fourth-order valence-corrected chi connectivity index (χ4v) is 2.66. The molecule has 2 rings (SSSR count). The summed E-state index contributed by atoms with van der Waals surface area (Å²) in [7, 11) is 0. The summed E-state index contributed by atoms with van der Waals surface area (Å²) in [5, 5.41) is 0.189. The maximum Gasteiger partial charge on any atom is 0.142 e. The Morgan fingerprint density at radius 3 is 2.65 bits per heavy atom. The predicted octanol–water partition coefficient (Wildman–Crippen LogP) is 4.35. The molecule has 0 aliphatic heterocycles. The van der Waals surface area contributed by atoms with Crippen LogP contribution in [0.15, 0.2) is 47.4 Å². The molecule has 4 heteroatoms. The SMILES string of the molecule is Nc1ccccc1SCc1cccc(F)c1Cl. The number of rotatable bonds is 3. The van der Waals surface area contributed by atoms with Crippen molar-refractivity contribution in [2.45, 2.75) is 10.6 Å². The van der Waals surface area contributed by atoms with E-state index in [1.807, 2.05) is 30.3 Å². The zero-order valence-electron chi connectivity index (χ0n) is 8.99. The molecule has 0 aliphatic carbocycles. The van der Waals surface area contributed by atoms with Crippen molar-refractivity contribution in [1.82, 2.24) is 0 Å². The Hall–Kier alpha value is -1.19. The van der Waals surface area contributed by atoms with Crippen LogP contribution >= 0.6 is 23.4 Å². The van der Waals surface area contributed by atoms with Crippen LogP contribution in [-0.2, 0) is 5.75 Å². The molecule has 0 bridgehead atoms.